The number of rotatable bonds is 7. The number of hydrogen-bond donors (Lipinski definition) is 1. The Morgan fingerprint density at radius 1 is 1.03 bits per heavy atom. The molecule has 0 unspecified atom stereocenters. The Kier molecular flexibility index (Phi) is 6.16. The molecule has 0 spiro atoms. The van der Waals surface area contributed by atoms with Gasteiger partial charge in [-0.1, -0.05) is 13.0 Å². The van der Waals surface area contributed by atoms with E-state index in [9.17, 15) is 14.4 Å². The van der Waals surface area contributed by atoms with Gasteiger partial charge in [-0.2, -0.15) is 0 Å². The summed E-state index contributed by atoms with van der Waals surface area (Å²) in [7, 11) is 0. The normalized spacial score (nSPS) is 10.9. The van der Waals surface area contributed by atoms with E-state index in [-0.39, 0.29) is 22.5 Å². The van der Waals surface area contributed by atoms with Gasteiger partial charge in [0.05, 0.1) is 10.9 Å². The maximum absolute atomic E-state index is 13.5. The van der Waals surface area contributed by atoms with E-state index in [4.69, 9.17) is 0 Å². The van der Waals surface area contributed by atoms with Crippen molar-refractivity contribution in [1.29, 1.82) is 0 Å². The van der Waals surface area contributed by atoms with E-state index in [0.717, 1.165) is 11.1 Å². The smallest absolute Gasteiger partial charge is 0.329 e. The first kappa shape index (κ1) is 21.1. The first-order valence-corrected chi connectivity index (χ1v) is 10.3. The molecule has 0 aliphatic heterocycles. The number of aryl methyl sites for hydroxylation is 1. The summed E-state index contributed by atoms with van der Waals surface area (Å²) in [6.07, 6.45) is 8.85. The quantitative estimate of drug-likeness (QED) is 0.480. The number of aromatic amines is 1. The van der Waals surface area contributed by atoms with Crippen molar-refractivity contribution >= 4 is 16.9 Å². The molecule has 4 aromatic heterocycles. The Hall–Kier alpha value is -4.14. The number of pyridine rings is 3. The van der Waals surface area contributed by atoms with Crippen molar-refractivity contribution in [3.63, 3.8) is 0 Å². The number of fused-ring (bicyclic) bond motifs is 1. The van der Waals surface area contributed by atoms with Gasteiger partial charge in [0.15, 0.2) is 0 Å². The lowest BCUT2D eigenvalue weighted by molar-refractivity contribution is 0.0729. The molecule has 162 valence electrons. The van der Waals surface area contributed by atoms with Crippen LogP contribution in [0.5, 0.6) is 0 Å². The minimum atomic E-state index is -0.563. The summed E-state index contributed by atoms with van der Waals surface area (Å²) < 4.78 is 1.41. The molecule has 9 heteroatoms. The number of nitrogens with zero attached hydrogens (tertiary/aromatic N) is 5. The van der Waals surface area contributed by atoms with E-state index in [1.807, 2.05) is 31.2 Å². The standard InChI is InChI=1S/C23H22N6O3/c1-2-10-29-20-19(21(30)27-23(29)32)11-18(13-26-20)22(31)28(14-16-5-8-24-9-6-16)15-17-4-3-7-25-12-17/h3-9,11-13H,2,10,14-15H2,1H3,(H,27,30,32). The van der Waals surface area contributed by atoms with Crippen molar-refractivity contribution in [2.24, 2.45) is 0 Å². The molecular formula is C23H22N6O3. The molecule has 0 radical (unpaired) electrons. The van der Waals surface area contributed by atoms with Gasteiger partial charge in [0.25, 0.3) is 11.5 Å². The maximum Gasteiger partial charge on any atom is 0.329 e. The average molecular weight is 430 g/mol. The van der Waals surface area contributed by atoms with Crippen LogP contribution in [0, 0.1) is 0 Å². The highest BCUT2D eigenvalue weighted by molar-refractivity contribution is 5.96. The van der Waals surface area contributed by atoms with Gasteiger partial charge in [-0.3, -0.25) is 29.1 Å². The van der Waals surface area contributed by atoms with E-state index in [1.54, 1.807) is 29.7 Å². The van der Waals surface area contributed by atoms with Gasteiger partial charge >= 0.3 is 5.69 Å². The van der Waals surface area contributed by atoms with Crippen LogP contribution in [0.15, 0.2) is 70.9 Å². The van der Waals surface area contributed by atoms with E-state index in [0.29, 0.717) is 26.1 Å². The number of hydrogen-bond acceptors (Lipinski definition) is 6. The number of aromatic nitrogens is 5. The van der Waals surface area contributed by atoms with E-state index >= 15 is 0 Å². The molecule has 4 rings (SSSR count). The molecule has 0 atom stereocenters. The minimum Gasteiger partial charge on any atom is -0.330 e. The minimum absolute atomic E-state index is 0.203. The highest BCUT2D eigenvalue weighted by atomic mass is 16.2. The average Bonchev–Trinajstić information content (AvgIpc) is 2.82. The molecule has 0 aromatic carbocycles. The summed E-state index contributed by atoms with van der Waals surface area (Å²) in [5, 5.41) is 0.203. The van der Waals surface area contributed by atoms with Gasteiger partial charge in [-0.25, -0.2) is 9.78 Å². The third-order valence-corrected chi connectivity index (χ3v) is 5.03. The van der Waals surface area contributed by atoms with Crippen LogP contribution in [0.25, 0.3) is 11.0 Å². The van der Waals surface area contributed by atoms with E-state index in [2.05, 4.69) is 19.9 Å². The topological polar surface area (TPSA) is 114 Å². The third-order valence-electron chi connectivity index (χ3n) is 5.03. The van der Waals surface area contributed by atoms with Crippen molar-refractivity contribution in [3.05, 3.63) is 98.8 Å². The first-order chi connectivity index (χ1) is 15.6. The van der Waals surface area contributed by atoms with E-state index < -0.39 is 11.2 Å². The van der Waals surface area contributed by atoms with Crippen molar-refractivity contribution in [3.8, 4) is 0 Å². The molecule has 9 nitrogen and oxygen atoms in total. The van der Waals surface area contributed by atoms with Gasteiger partial charge in [0.2, 0.25) is 0 Å². The largest absolute Gasteiger partial charge is 0.330 e. The lowest BCUT2D eigenvalue weighted by Gasteiger charge is -2.23. The Bertz CT molecular complexity index is 1310. The van der Waals surface area contributed by atoms with Crippen LogP contribution in [-0.4, -0.2) is 35.3 Å². The monoisotopic (exact) mass is 430 g/mol. The van der Waals surface area contributed by atoms with Gasteiger partial charge < -0.3 is 4.90 Å². The second-order valence-electron chi connectivity index (χ2n) is 7.38. The molecule has 0 aliphatic carbocycles. The molecule has 0 aliphatic rings. The number of amides is 1. The van der Waals surface area contributed by atoms with Crippen molar-refractivity contribution < 1.29 is 4.79 Å². The first-order valence-electron chi connectivity index (χ1n) is 10.3. The zero-order chi connectivity index (χ0) is 22.5. The summed E-state index contributed by atoms with van der Waals surface area (Å²) >= 11 is 0. The predicted molar refractivity (Wildman–Crippen MR) is 119 cm³/mol. The van der Waals surface area contributed by atoms with Crippen LogP contribution in [0.4, 0.5) is 0 Å². The van der Waals surface area contributed by atoms with Crippen LogP contribution in [0.1, 0.15) is 34.8 Å². The molecule has 4 aromatic rings. The molecule has 0 fully saturated rings. The molecule has 1 N–H and O–H groups in total. The second kappa shape index (κ2) is 9.34. The lowest BCUT2D eigenvalue weighted by atomic mass is 10.1. The predicted octanol–water partition coefficient (Wildman–Crippen LogP) is 2.13. The van der Waals surface area contributed by atoms with Crippen LogP contribution in [0.2, 0.25) is 0 Å². The van der Waals surface area contributed by atoms with Gasteiger partial charge in [0, 0.05) is 50.6 Å². The van der Waals surface area contributed by atoms with Crippen molar-refractivity contribution in [2.45, 2.75) is 33.0 Å². The van der Waals surface area contributed by atoms with E-state index in [1.165, 1.54) is 16.8 Å². The molecule has 0 bridgehead atoms. The van der Waals surface area contributed by atoms with Crippen LogP contribution in [0.3, 0.4) is 0 Å². The lowest BCUT2D eigenvalue weighted by Crippen LogP contribution is -2.32. The Labute approximate surface area is 183 Å². The summed E-state index contributed by atoms with van der Waals surface area (Å²) in [5.74, 6) is -0.285. The second-order valence-corrected chi connectivity index (χ2v) is 7.38. The molecule has 4 heterocycles. The summed E-state index contributed by atoms with van der Waals surface area (Å²) in [6.45, 7) is 3.02. The summed E-state index contributed by atoms with van der Waals surface area (Å²) in [6, 6.07) is 8.89. The summed E-state index contributed by atoms with van der Waals surface area (Å²) in [5.41, 5.74) is 1.26. The van der Waals surface area contributed by atoms with Gasteiger partial charge in [-0.05, 0) is 41.8 Å². The van der Waals surface area contributed by atoms with Crippen LogP contribution < -0.4 is 11.2 Å². The molecular weight excluding hydrogens is 408 g/mol. The maximum atomic E-state index is 13.5. The van der Waals surface area contributed by atoms with Gasteiger partial charge in [-0.15, -0.1) is 0 Å². The van der Waals surface area contributed by atoms with Crippen molar-refractivity contribution in [2.75, 3.05) is 0 Å². The van der Waals surface area contributed by atoms with Crippen LogP contribution >= 0.6 is 0 Å². The molecule has 0 saturated carbocycles. The third kappa shape index (κ3) is 4.46. The summed E-state index contributed by atoms with van der Waals surface area (Å²) in [4.78, 5) is 54.5. The zero-order valence-corrected chi connectivity index (χ0v) is 17.6. The van der Waals surface area contributed by atoms with Gasteiger partial charge in [0.1, 0.15) is 5.65 Å². The SMILES string of the molecule is CCCn1c(=O)[nH]c(=O)c2cc(C(=O)N(Cc3ccncc3)Cc3cccnc3)cnc21. The molecule has 0 saturated heterocycles. The highest BCUT2D eigenvalue weighted by Gasteiger charge is 2.19. The number of nitrogens with one attached hydrogen (secondary N) is 1. The van der Waals surface area contributed by atoms with Crippen LogP contribution in [-0.2, 0) is 19.6 Å². The fourth-order valence-corrected chi connectivity index (χ4v) is 3.52. The highest BCUT2D eigenvalue weighted by Crippen LogP contribution is 2.15. The Morgan fingerprint density at radius 3 is 2.53 bits per heavy atom. The van der Waals surface area contributed by atoms with Crippen molar-refractivity contribution in [1.82, 2.24) is 29.4 Å². The fraction of sp³-hybridized carbons (Fsp3) is 0.217. The fourth-order valence-electron chi connectivity index (χ4n) is 3.52. The number of carbonyl (C=O) groups excluding carboxylic acids is 1. The number of H-pyrrole nitrogens is 1. The number of carbonyl (C=O) groups is 1. The molecule has 1 amide bonds. The Balaban J connectivity index is 1.74. The molecule has 32 heavy (non-hydrogen) atoms. The zero-order valence-electron chi connectivity index (χ0n) is 17.6. The Morgan fingerprint density at radius 2 is 1.81 bits per heavy atom.